The first-order valence-electron chi connectivity index (χ1n) is 8.05. The van der Waals surface area contributed by atoms with Gasteiger partial charge in [0.15, 0.2) is 0 Å². The van der Waals surface area contributed by atoms with Gasteiger partial charge in [-0.1, -0.05) is 0 Å². The fourth-order valence-corrected chi connectivity index (χ4v) is 3.60. The zero-order valence-electron chi connectivity index (χ0n) is 13.2. The number of hydrogen-bond donors (Lipinski definition) is 2. The van der Waals surface area contributed by atoms with Crippen molar-refractivity contribution in [2.75, 3.05) is 0 Å². The second kappa shape index (κ2) is 5.67. The van der Waals surface area contributed by atoms with E-state index in [1.54, 1.807) is 0 Å². The summed E-state index contributed by atoms with van der Waals surface area (Å²) in [6.45, 7) is 0. The molecule has 4 nitrogen and oxygen atoms in total. The van der Waals surface area contributed by atoms with Gasteiger partial charge in [-0.2, -0.15) is 0 Å². The molecular weight excluding hydrogens is 375 g/mol. The number of quaternary nitrogens is 1. The average Bonchev–Trinajstić information content (AvgIpc) is 3.36. The maximum atomic E-state index is 4.68. The molecule has 1 aromatic rings. The van der Waals surface area contributed by atoms with Crippen LogP contribution >= 0.6 is 0 Å². The summed E-state index contributed by atoms with van der Waals surface area (Å²) >= 11 is 3.19. The number of rotatable bonds is 0. The number of aromatic amines is 1. The molecule has 4 aliphatic heterocycles. The minimum absolute atomic E-state index is 0.945. The van der Waals surface area contributed by atoms with Crippen LogP contribution in [0.25, 0.3) is 12.2 Å². The van der Waals surface area contributed by atoms with Crippen LogP contribution in [0, 0.1) is 0 Å². The monoisotopic (exact) mass is 390 g/mol. The Bertz CT molecular complexity index is 1060. The van der Waals surface area contributed by atoms with E-state index in [1.165, 1.54) is 0 Å². The fourth-order valence-electron chi connectivity index (χ4n) is 3.07. The van der Waals surface area contributed by atoms with Gasteiger partial charge < -0.3 is 0 Å². The third kappa shape index (κ3) is 2.79. The molecule has 5 rings (SSSR count). The van der Waals surface area contributed by atoms with Crippen molar-refractivity contribution in [2.45, 2.75) is 0 Å². The summed E-state index contributed by atoms with van der Waals surface area (Å²) in [5.41, 5.74) is 6.09. The molecule has 0 aromatic carbocycles. The van der Waals surface area contributed by atoms with Crippen molar-refractivity contribution in [2.24, 2.45) is 9.98 Å². The van der Waals surface area contributed by atoms with Gasteiger partial charge in [-0.25, -0.2) is 0 Å². The van der Waals surface area contributed by atoms with E-state index in [0.717, 1.165) is 48.8 Å². The zero-order valence-corrected chi connectivity index (χ0v) is 14.9. The number of fused-ring (bicyclic) bond motifs is 6. The molecule has 0 radical (unpaired) electrons. The predicted molar refractivity (Wildman–Crippen MR) is 101 cm³/mol. The number of aromatic nitrogens is 1. The van der Waals surface area contributed by atoms with Crippen LogP contribution in [-0.4, -0.2) is 32.6 Å². The first-order chi connectivity index (χ1) is 12.2. The number of H-pyrrole nitrogens is 1. The number of allylic oxidation sites excluding steroid dienone is 8. The molecule has 1 aromatic heterocycles. The average molecular weight is 389 g/mol. The van der Waals surface area contributed by atoms with Gasteiger partial charge in [0.1, 0.15) is 0 Å². The van der Waals surface area contributed by atoms with Crippen LogP contribution in [-0.2, 0) is 0 Å². The van der Waals surface area contributed by atoms with Gasteiger partial charge in [0.2, 0.25) is 0 Å². The van der Waals surface area contributed by atoms with Gasteiger partial charge in [0.25, 0.3) is 0 Å². The molecule has 2 N–H and O–H groups in total. The first kappa shape index (κ1) is 14.6. The minimum atomic E-state index is 0.945. The third-order valence-corrected chi connectivity index (χ3v) is 5.27. The molecule has 0 atom stereocenters. The van der Waals surface area contributed by atoms with Crippen LogP contribution in [0.2, 0.25) is 0 Å². The Hall–Kier alpha value is -2.72. The summed E-state index contributed by atoms with van der Waals surface area (Å²) in [5, 5.41) is 2.06. The van der Waals surface area contributed by atoms with Crippen molar-refractivity contribution in [3.8, 4) is 0 Å². The van der Waals surface area contributed by atoms with E-state index < -0.39 is 0 Å². The van der Waals surface area contributed by atoms with Crippen molar-refractivity contribution >= 4 is 39.8 Å². The predicted octanol–water partition coefficient (Wildman–Crippen LogP) is 0.129. The first-order valence-corrected chi connectivity index (χ1v) is 8.91. The summed E-state index contributed by atoms with van der Waals surface area (Å²) in [7, 11) is 0. The Kier molecular flexibility index (Phi) is 3.31. The molecule has 0 fully saturated rings. The maximum absolute atomic E-state index is 4.68. The number of nitrogens with zero attached hydrogens (tertiary/aromatic N) is 2. The summed E-state index contributed by atoms with van der Waals surface area (Å²) in [6, 6.07) is 4.11. The second-order valence-electron chi connectivity index (χ2n) is 6.11. The molecule has 120 valence electrons. The van der Waals surface area contributed by atoms with Crippen LogP contribution in [0.4, 0.5) is 0 Å². The second-order valence-corrected chi connectivity index (χ2v) is 6.97. The molecule has 0 saturated heterocycles. The van der Waals surface area contributed by atoms with Crippen molar-refractivity contribution in [3.63, 3.8) is 0 Å². The van der Waals surface area contributed by atoms with E-state index in [4.69, 9.17) is 0 Å². The molecule has 4 aliphatic rings. The summed E-state index contributed by atoms with van der Waals surface area (Å²) < 4.78 is 1.13. The van der Waals surface area contributed by atoms with Gasteiger partial charge >= 0.3 is 153 Å². The summed E-state index contributed by atoms with van der Waals surface area (Å²) in [4.78, 5) is 12.7. The van der Waals surface area contributed by atoms with Gasteiger partial charge in [0.05, 0.1) is 0 Å². The van der Waals surface area contributed by atoms with Crippen LogP contribution in [0.1, 0.15) is 0 Å². The normalized spacial score (nSPS) is 23.2. The fraction of sp³-hybridized carbons (Fsp3) is 0. The van der Waals surface area contributed by atoms with Crippen LogP contribution in [0.5, 0.6) is 0 Å². The molecule has 5 heteroatoms. The van der Waals surface area contributed by atoms with E-state index in [2.05, 4.69) is 67.6 Å². The molecule has 0 aliphatic carbocycles. The quantitative estimate of drug-likeness (QED) is 0.593. The topological polar surface area (TPSA) is 45.0 Å². The van der Waals surface area contributed by atoms with Crippen molar-refractivity contribution < 1.29 is 3.92 Å². The Balaban J connectivity index is 1.68. The van der Waals surface area contributed by atoms with Crippen LogP contribution in [0.15, 0.2) is 93.5 Å². The van der Waals surface area contributed by atoms with Crippen LogP contribution in [0.3, 0.4) is 0 Å². The Labute approximate surface area is 153 Å². The molecule has 0 unspecified atom stereocenters. The van der Waals surface area contributed by atoms with E-state index in [-0.39, 0.29) is 0 Å². The SMILES string of the molecule is [Se-][NH+]1C2=CC=C1C=C1C=CC(=N1)C=c1ccc([nH]1)=CC1=NC(=C2)C=C1. The molecule has 5 heterocycles. The summed E-state index contributed by atoms with van der Waals surface area (Å²) in [5.74, 6) is 0. The van der Waals surface area contributed by atoms with Crippen LogP contribution < -0.4 is 14.6 Å². The number of aliphatic imine (C=N–C) groups is 2. The van der Waals surface area contributed by atoms with E-state index in [1.807, 2.05) is 36.5 Å². The van der Waals surface area contributed by atoms with Gasteiger partial charge in [-0.15, -0.1) is 0 Å². The molecule has 0 spiro atoms. The zero-order chi connectivity index (χ0) is 16.8. The molecule has 0 amide bonds. The van der Waals surface area contributed by atoms with Gasteiger partial charge in [-0.05, 0) is 0 Å². The van der Waals surface area contributed by atoms with Crippen molar-refractivity contribution in [1.29, 1.82) is 0 Å². The molecule has 25 heavy (non-hydrogen) atoms. The van der Waals surface area contributed by atoms with Crippen molar-refractivity contribution in [3.05, 3.63) is 94.2 Å². The number of hydrogen-bond acceptors (Lipinski definition) is 2. The molecule has 0 saturated carbocycles. The van der Waals surface area contributed by atoms with Gasteiger partial charge in [-0.3, -0.25) is 0 Å². The van der Waals surface area contributed by atoms with E-state index >= 15 is 0 Å². The van der Waals surface area contributed by atoms with Gasteiger partial charge in [0, 0.05) is 0 Å². The third-order valence-electron chi connectivity index (χ3n) is 4.28. The molecular formula is C20H14N4Se. The Morgan fingerprint density at radius 3 is 1.76 bits per heavy atom. The van der Waals surface area contributed by atoms with E-state index in [9.17, 15) is 0 Å². The van der Waals surface area contributed by atoms with E-state index in [0.29, 0.717) is 0 Å². The summed E-state index contributed by atoms with van der Waals surface area (Å²) in [6.07, 6.45) is 20.7. The Morgan fingerprint density at radius 2 is 1.24 bits per heavy atom. The standard InChI is InChI=1S/C20H14N4Se/c25-24-19-7-8-20(24)12-18-6-4-16(23-18)10-14-2-1-13(21-14)9-15-3-5-17(11-19)22-15/h1-12,21,24H. The Morgan fingerprint density at radius 1 is 0.720 bits per heavy atom. The number of nitrogens with one attached hydrogen (secondary N) is 2. The van der Waals surface area contributed by atoms with Crippen molar-refractivity contribution in [1.82, 2.24) is 4.98 Å². The molecule has 8 bridgehead atoms.